The van der Waals surface area contributed by atoms with Crippen molar-refractivity contribution in [2.45, 2.75) is 0 Å². The van der Waals surface area contributed by atoms with Gasteiger partial charge in [-0.25, -0.2) is 19.9 Å². The fourth-order valence-electron chi connectivity index (χ4n) is 17.3. The molecule has 0 saturated heterocycles. The zero-order valence-corrected chi connectivity index (χ0v) is 60.7. The maximum absolute atomic E-state index is 5.48. The molecule has 0 bridgehead atoms. The smallest absolute Gasteiger partial charge is 0.145 e. The van der Waals surface area contributed by atoms with Gasteiger partial charge in [-0.1, -0.05) is 267 Å². The van der Waals surface area contributed by atoms with Gasteiger partial charge in [0, 0.05) is 112 Å². The second-order valence-corrected chi connectivity index (χ2v) is 28.9. The average molecular weight is 1430 g/mol. The van der Waals surface area contributed by atoms with Gasteiger partial charge in [0.1, 0.15) is 11.3 Å². The number of fused-ring (bicyclic) bond motifs is 12. The summed E-state index contributed by atoms with van der Waals surface area (Å²) < 4.78 is 9.55. The van der Waals surface area contributed by atoms with E-state index in [1.165, 1.54) is 32.6 Å². The quantitative estimate of drug-likeness (QED) is 0.115. The fourth-order valence-corrected chi connectivity index (χ4v) is 17.3. The molecule has 0 fully saturated rings. The van der Waals surface area contributed by atoms with Gasteiger partial charge in [-0.15, -0.1) is 0 Å². The van der Waals surface area contributed by atoms with Crippen LogP contribution >= 0.6 is 0 Å². The highest BCUT2D eigenvalue weighted by atomic mass is 15.1. The predicted molar refractivity (Wildman–Crippen MR) is 464 cm³/mol. The van der Waals surface area contributed by atoms with Crippen LogP contribution in [0.5, 0.6) is 0 Å². The van der Waals surface area contributed by atoms with E-state index in [-0.39, 0.29) is 0 Å². The number of hydrogen-bond acceptors (Lipinski definition) is 4. The van der Waals surface area contributed by atoms with Crippen molar-refractivity contribution in [3.05, 3.63) is 401 Å². The molecule has 0 N–H and O–H groups in total. The summed E-state index contributed by atoms with van der Waals surface area (Å²) in [5.74, 6) is 0. The van der Waals surface area contributed by atoms with E-state index < -0.39 is 0 Å². The van der Waals surface area contributed by atoms with E-state index in [1.54, 1.807) is 0 Å². The SMILES string of the molecule is c1ccc(-c2cc(-c3cccc(-n4c5cc(-c6cccc7c8ccccc8n(-c8cccc(-c9ccc(-c%10cc(-c%11ccccc%11)nc(-c%11cccc(-n%12c%13cc(-c%14cccc%15c%16ccccc%16n(-c%16ccccc%16)c%14%15)ccc%13c%13cccnc%13%12)c%11)c%10)cc9)c8)c67)ccc5c5cccnc54)c3)cc(-c3ccccc3)n2)cc1. The molecule has 22 rings (SSSR count). The van der Waals surface area contributed by atoms with Crippen LogP contribution in [0, 0.1) is 0 Å². The monoisotopic (exact) mass is 1430 g/mol. The summed E-state index contributed by atoms with van der Waals surface area (Å²) in [4.78, 5) is 20.9. The molecule has 522 valence electrons. The first-order chi connectivity index (χ1) is 55.5. The third-order valence-corrected chi connectivity index (χ3v) is 22.4. The zero-order chi connectivity index (χ0) is 73.7. The molecule has 0 amide bonds. The van der Waals surface area contributed by atoms with Crippen LogP contribution in [0.2, 0.25) is 0 Å². The summed E-state index contributed by atoms with van der Waals surface area (Å²) in [5, 5.41) is 9.28. The van der Waals surface area contributed by atoms with Crippen molar-refractivity contribution < 1.29 is 0 Å². The van der Waals surface area contributed by atoms with Crippen molar-refractivity contribution in [3.63, 3.8) is 0 Å². The largest absolute Gasteiger partial charge is 0.309 e. The Morgan fingerprint density at radius 3 is 0.973 bits per heavy atom. The summed E-state index contributed by atoms with van der Waals surface area (Å²) in [6, 6.07) is 140. The van der Waals surface area contributed by atoms with Gasteiger partial charge in [0.25, 0.3) is 0 Å². The van der Waals surface area contributed by atoms with Crippen LogP contribution in [0.25, 0.3) is 211 Å². The number of para-hydroxylation sites is 5. The van der Waals surface area contributed by atoms with Gasteiger partial charge in [0.05, 0.1) is 55.9 Å². The van der Waals surface area contributed by atoms with Crippen molar-refractivity contribution in [2.75, 3.05) is 0 Å². The van der Waals surface area contributed by atoms with Crippen LogP contribution in [0.15, 0.2) is 401 Å². The van der Waals surface area contributed by atoms with E-state index in [0.717, 1.165) is 178 Å². The molecular formula is C104H66N8. The highest BCUT2D eigenvalue weighted by Gasteiger charge is 2.24. The number of nitrogens with zero attached hydrogens (tertiary/aromatic N) is 8. The van der Waals surface area contributed by atoms with Crippen molar-refractivity contribution in [3.8, 4) is 123 Å². The van der Waals surface area contributed by atoms with Crippen LogP contribution in [-0.2, 0) is 0 Å². The lowest BCUT2D eigenvalue weighted by molar-refractivity contribution is 1.13. The van der Waals surface area contributed by atoms with Gasteiger partial charge in [0.2, 0.25) is 0 Å². The van der Waals surface area contributed by atoms with E-state index in [1.807, 2.05) is 24.5 Å². The fraction of sp³-hybridized carbons (Fsp3) is 0. The van der Waals surface area contributed by atoms with Gasteiger partial charge in [0.15, 0.2) is 0 Å². The molecule has 8 aromatic heterocycles. The van der Waals surface area contributed by atoms with Crippen molar-refractivity contribution >= 4 is 87.5 Å². The normalized spacial score (nSPS) is 11.8. The molecule has 8 heteroatoms. The van der Waals surface area contributed by atoms with Gasteiger partial charge >= 0.3 is 0 Å². The number of pyridine rings is 4. The molecular weight excluding hydrogens is 1360 g/mol. The Labute approximate surface area is 645 Å². The summed E-state index contributed by atoms with van der Waals surface area (Å²) in [7, 11) is 0. The molecule has 0 aliphatic heterocycles. The minimum Gasteiger partial charge on any atom is -0.309 e. The first-order valence-corrected chi connectivity index (χ1v) is 38.1. The first kappa shape index (κ1) is 64.1. The van der Waals surface area contributed by atoms with E-state index in [2.05, 4.69) is 394 Å². The minimum absolute atomic E-state index is 0.873. The molecule has 0 radical (unpaired) electrons. The topological polar surface area (TPSA) is 71.3 Å². The van der Waals surface area contributed by atoms with Crippen LogP contribution in [0.4, 0.5) is 0 Å². The average Bonchev–Trinajstić information content (AvgIpc) is 1.57. The number of hydrogen-bond donors (Lipinski definition) is 0. The minimum atomic E-state index is 0.873. The Balaban J connectivity index is 0.622. The Kier molecular flexibility index (Phi) is 15.1. The third-order valence-electron chi connectivity index (χ3n) is 22.4. The molecule has 22 aromatic rings. The van der Waals surface area contributed by atoms with Crippen molar-refractivity contribution in [1.82, 2.24) is 38.2 Å². The maximum Gasteiger partial charge on any atom is 0.145 e. The molecule has 0 aliphatic rings. The number of rotatable bonds is 13. The lowest BCUT2D eigenvalue weighted by Crippen LogP contribution is -1.98. The van der Waals surface area contributed by atoms with Gasteiger partial charge in [-0.05, 0) is 166 Å². The van der Waals surface area contributed by atoms with E-state index in [4.69, 9.17) is 19.9 Å². The Morgan fingerprint density at radius 1 is 0.170 bits per heavy atom. The van der Waals surface area contributed by atoms with Gasteiger partial charge in [-0.3, -0.25) is 9.13 Å². The van der Waals surface area contributed by atoms with E-state index in [9.17, 15) is 0 Å². The Bertz CT molecular complexity index is 7420. The van der Waals surface area contributed by atoms with Crippen LogP contribution in [0.1, 0.15) is 0 Å². The molecule has 8 heterocycles. The molecule has 0 spiro atoms. The van der Waals surface area contributed by atoms with Crippen LogP contribution in [0.3, 0.4) is 0 Å². The number of benzene rings is 14. The van der Waals surface area contributed by atoms with Crippen LogP contribution in [-0.4, -0.2) is 38.2 Å². The van der Waals surface area contributed by atoms with Crippen molar-refractivity contribution in [1.29, 1.82) is 0 Å². The summed E-state index contributed by atoms with van der Waals surface area (Å²) >= 11 is 0. The molecule has 112 heavy (non-hydrogen) atoms. The highest BCUT2D eigenvalue weighted by molar-refractivity contribution is 6.17. The molecule has 0 atom stereocenters. The Morgan fingerprint density at radius 2 is 0.491 bits per heavy atom. The van der Waals surface area contributed by atoms with Crippen LogP contribution < -0.4 is 0 Å². The predicted octanol–water partition coefficient (Wildman–Crippen LogP) is 26.7. The molecule has 0 unspecified atom stereocenters. The third kappa shape index (κ3) is 10.8. The van der Waals surface area contributed by atoms with E-state index >= 15 is 0 Å². The Hall–Kier alpha value is -15.1. The second kappa shape index (κ2) is 26.4. The summed E-state index contributed by atoms with van der Waals surface area (Å²) in [6.45, 7) is 0. The van der Waals surface area contributed by atoms with Crippen molar-refractivity contribution in [2.24, 2.45) is 0 Å². The first-order valence-electron chi connectivity index (χ1n) is 38.1. The second-order valence-electron chi connectivity index (χ2n) is 28.9. The van der Waals surface area contributed by atoms with Gasteiger partial charge < -0.3 is 9.13 Å². The lowest BCUT2D eigenvalue weighted by atomic mass is 9.97. The lowest BCUT2D eigenvalue weighted by Gasteiger charge is -2.15. The molecule has 14 aromatic carbocycles. The zero-order valence-electron chi connectivity index (χ0n) is 60.7. The summed E-state index contributed by atoms with van der Waals surface area (Å²) in [5.41, 5.74) is 31.7. The molecule has 8 nitrogen and oxygen atoms in total. The maximum atomic E-state index is 5.48. The standard InChI is InChI=1S/C104H66N8/c1-5-24-69(25-6-1)93-61-77(62-96(108-93)76-32-19-37-82(60-76)112-100-65-74(52-54-88(100)92-45-23-57-106-104(92)112)83-40-20-42-89-85-38-13-15-46-97(85)109(101(83)89)79-33-11-4-12-34-79)68-50-48-67(49-51-68)72-30-17-35-80(58-72)110-98-47-16-14-39-86(98)90-43-21-41-84(102(90)110)75-53-55-87-91-44-22-56-105-103(91)111(99(87)66-75)81-36-18-31-73(59-81)78-63-94(70-26-7-2-8-27-70)107-95(64-78)71-28-9-3-10-29-71/h1-66H. The summed E-state index contributed by atoms with van der Waals surface area (Å²) in [6.07, 6.45) is 3.80. The van der Waals surface area contributed by atoms with E-state index in [0.29, 0.717) is 0 Å². The van der Waals surface area contributed by atoms with Gasteiger partial charge in [-0.2, -0.15) is 0 Å². The highest BCUT2D eigenvalue weighted by Crippen LogP contribution is 2.45. The molecule has 0 saturated carbocycles. The molecule has 0 aliphatic carbocycles. The number of aromatic nitrogens is 8.